The first-order valence-corrected chi connectivity index (χ1v) is 5.65. The molecule has 0 unspecified atom stereocenters. The van der Waals surface area contributed by atoms with Crippen LogP contribution in [-0.2, 0) is 17.8 Å². The molecule has 7 nitrogen and oxygen atoms in total. The first kappa shape index (κ1) is 12.3. The molecule has 7 heteroatoms. The number of esters is 1. The topological polar surface area (TPSA) is 74.8 Å². The van der Waals surface area contributed by atoms with Crippen molar-refractivity contribution >= 4 is 5.97 Å². The lowest BCUT2D eigenvalue weighted by Crippen LogP contribution is -2.10. The third kappa shape index (κ3) is 2.39. The zero-order chi connectivity index (χ0) is 13.1. The highest BCUT2D eigenvalue weighted by Crippen LogP contribution is 2.06. The Morgan fingerprint density at radius 2 is 2.22 bits per heavy atom. The number of ether oxygens (including phenoxy) is 1. The molecular formula is C11H15N5O2. The van der Waals surface area contributed by atoms with Crippen LogP contribution in [-0.4, -0.2) is 37.6 Å². The number of nitrogens with zero attached hydrogens (tertiary/aromatic N) is 5. The Hall–Kier alpha value is -2.18. The summed E-state index contributed by atoms with van der Waals surface area (Å²) in [5.74, 6) is -0.467. The van der Waals surface area contributed by atoms with Gasteiger partial charge in [-0.05, 0) is 19.9 Å². The first-order valence-electron chi connectivity index (χ1n) is 5.65. The molecule has 0 aliphatic heterocycles. The monoisotopic (exact) mass is 249 g/mol. The zero-order valence-electron chi connectivity index (χ0n) is 10.6. The van der Waals surface area contributed by atoms with E-state index in [1.807, 2.05) is 24.6 Å². The van der Waals surface area contributed by atoms with Gasteiger partial charge in [-0.1, -0.05) is 0 Å². The summed E-state index contributed by atoms with van der Waals surface area (Å²) in [6, 6.07) is 1.99. The van der Waals surface area contributed by atoms with Gasteiger partial charge in [0.1, 0.15) is 6.33 Å². The Morgan fingerprint density at radius 3 is 2.89 bits per heavy atom. The quantitative estimate of drug-likeness (QED) is 0.743. The number of carbonyl (C=O) groups is 1. The van der Waals surface area contributed by atoms with Crippen LogP contribution in [0.2, 0.25) is 0 Å². The number of rotatable bonds is 4. The number of aryl methyl sites for hydroxylation is 2. The highest BCUT2D eigenvalue weighted by atomic mass is 16.5. The maximum atomic E-state index is 11.2. The van der Waals surface area contributed by atoms with Crippen molar-refractivity contribution in [1.82, 2.24) is 24.5 Å². The van der Waals surface area contributed by atoms with Gasteiger partial charge >= 0.3 is 5.97 Å². The van der Waals surface area contributed by atoms with Gasteiger partial charge in [-0.25, -0.2) is 14.5 Å². The molecule has 0 aromatic carbocycles. The molecule has 0 aliphatic rings. The molecule has 0 atom stereocenters. The van der Waals surface area contributed by atoms with Gasteiger partial charge in [-0.2, -0.15) is 5.10 Å². The van der Waals surface area contributed by atoms with Crippen molar-refractivity contribution in [3.8, 4) is 0 Å². The Bertz CT molecular complexity index is 558. The van der Waals surface area contributed by atoms with Crippen LogP contribution in [0.4, 0.5) is 0 Å². The Labute approximate surface area is 104 Å². The molecule has 0 N–H and O–H groups in total. The molecule has 0 radical (unpaired) electrons. The summed E-state index contributed by atoms with van der Waals surface area (Å²) >= 11 is 0. The van der Waals surface area contributed by atoms with Crippen LogP contribution in [0.25, 0.3) is 0 Å². The molecule has 0 aliphatic carbocycles. The molecule has 0 spiro atoms. The highest BCUT2D eigenvalue weighted by molar-refractivity contribution is 5.84. The van der Waals surface area contributed by atoms with E-state index in [4.69, 9.17) is 0 Å². The van der Waals surface area contributed by atoms with Gasteiger partial charge in [0.05, 0.1) is 25.0 Å². The van der Waals surface area contributed by atoms with E-state index in [1.54, 1.807) is 4.68 Å². The normalized spacial score (nSPS) is 10.6. The van der Waals surface area contributed by atoms with Crippen molar-refractivity contribution in [2.75, 3.05) is 7.11 Å². The van der Waals surface area contributed by atoms with Gasteiger partial charge in [0.15, 0.2) is 0 Å². The van der Waals surface area contributed by atoms with Crippen LogP contribution < -0.4 is 0 Å². The molecule has 0 amide bonds. The third-order valence-electron chi connectivity index (χ3n) is 2.51. The SMILES string of the molecule is CCn1nc(C)cc1Cn1cnc(C(=O)OC)n1. The van der Waals surface area contributed by atoms with Gasteiger partial charge in [0, 0.05) is 6.54 Å². The van der Waals surface area contributed by atoms with Crippen molar-refractivity contribution in [3.63, 3.8) is 0 Å². The minimum atomic E-state index is -0.533. The number of aromatic nitrogens is 5. The van der Waals surface area contributed by atoms with Crippen LogP contribution in [0.1, 0.15) is 28.9 Å². The van der Waals surface area contributed by atoms with Gasteiger partial charge in [-0.15, -0.1) is 5.10 Å². The number of methoxy groups -OCH3 is 1. The Morgan fingerprint density at radius 1 is 1.44 bits per heavy atom. The van der Waals surface area contributed by atoms with E-state index in [0.717, 1.165) is 17.9 Å². The van der Waals surface area contributed by atoms with E-state index in [-0.39, 0.29) is 5.82 Å². The molecule has 96 valence electrons. The molecule has 2 aromatic rings. The van der Waals surface area contributed by atoms with Crippen molar-refractivity contribution in [1.29, 1.82) is 0 Å². The zero-order valence-corrected chi connectivity index (χ0v) is 10.6. The van der Waals surface area contributed by atoms with E-state index >= 15 is 0 Å². The minimum absolute atomic E-state index is 0.0665. The van der Waals surface area contributed by atoms with Crippen molar-refractivity contribution < 1.29 is 9.53 Å². The average molecular weight is 249 g/mol. The summed E-state index contributed by atoms with van der Waals surface area (Å²) in [6.07, 6.45) is 1.51. The second kappa shape index (κ2) is 4.99. The highest BCUT2D eigenvalue weighted by Gasteiger charge is 2.12. The number of carbonyl (C=O) groups excluding carboxylic acids is 1. The summed E-state index contributed by atoms with van der Waals surface area (Å²) in [6.45, 7) is 5.29. The van der Waals surface area contributed by atoms with Crippen LogP contribution in [0.3, 0.4) is 0 Å². The molecule has 0 bridgehead atoms. The van der Waals surface area contributed by atoms with Crippen LogP contribution in [0, 0.1) is 6.92 Å². The van der Waals surface area contributed by atoms with Crippen molar-refractivity contribution in [3.05, 3.63) is 29.6 Å². The van der Waals surface area contributed by atoms with Crippen LogP contribution >= 0.6 is 0 Å². The fraction of sp³-hybridized carbons (Fsp3) is 0.455. The summed E-state index contributed by atoms with van der Waals surface area (Å²) in [4.78, 5) is 15.1. The largest absolute Gasteiger partial charge is 0.463 e. The average Bonchev–Trinajstić information content (AvgIpc) is 2.95. The summed E-state index contributed by atoms with van der Waals surface area (Å²) in [7, 11) is 1.30. The van der Waals surface area contributed by atoms with Crippen LogP contribution in [0.5, 0.6) is 0 Å². The molecule has 18 heavy (non-hydrogen) atoms. The van der Waals surface area contributed by atoms with E-state index in [0.29, 0.717) is 6.54 Å². The molecule has 0 fully saturated rings. The maximum absolute atomic E-state index is 11.2. The maximum Gasteiger partial charge on any atom is 0.377 e. The fourth-order valence-corrected chi connectivity index (χ4v) is 1.72. The lowest BCUT2D eigenvalue weighted by atomic mass is 10.3. The smallest absolute Gasteiger partial charge is 0.377 e. The molecule has 0 saturated heterocycles. The lowest BCUT2D eigenvalue weighted by Gasteiger charge is -2.03. The first-order chi connectivity index (χ1) is 8.63. The molecular weight excluding hydrogens is 234 g/mol. The number of hydrogen-bond donors (Lipinski definition) is 0. The summed E-state index contributed by atoms with van der Waals surface area (Å²) in [5, 5.41) is 8.40. The van der Waals surface area contributed by atoms with Gasteiger partial charge < -0.3 is 4.74 Å². The Kier molecular flexibility index (Phi) is 3.40. The van der Waals surface area contributed by atoms with Gasteiger partial charge in [0.2, 0.25) is 0 Å². The molecule has 2 rings (SSSR count). The van der Waals surface area contributed by atoms with E-state index in [2.05, 4.69) is 19.9 Å². The van der Waals surface area contributed by atoms with Gasteiger partial charge in [-0.3, -0.25) is 4.68 Å². The standard InChI is InChI=1S/C11H15N5O2/c1-4-16-9(5-8(2)13-16)6-15-7-12-10(14-15)11(17)18-3/h5,7H,4,6H2,1-3H3. The fourth-order valence-electron chi connectivity index (χ4n) is 1.72. The predicted octanol–water partition coefficient (Wildman–Crippen LogP) is 0.638. The lowest BCUT2D eigenvalue weighted by molar-refractivity contribution is 0.0586. The second-order valence-electron chi connectivity index (χ2n) is 3.85. The Balaban J connectivity index is 2.18. The van der Waals surface area contributed by atoms with E-state index in [9.17, 15) is 4.79 Å². The minimum Gasteiger partial charge on any atom is -0.463 e. The van der Waals surface area contributed by atoms with Crippen molar-refractivity contribution in [2.24, 2.45) is 0 Å². The molecule has 2 heterocycles. The summed E-state index contributed by atoms with van der Waals surface area (Å²) in [5.41, 5.74) is 1.98. The molecule has 0 saturated carbocycles. The van der Waals surface area contributed by atoms with E-state index < -0.39 is 5.97 Å². The summed E-state index contributed by atoms with van der Waals surface area (Å²) < 4.78 is 8.04. The van der Waals surface area contributed by atoms with E-state index in [1.165, 1.54) is 13.4 Å². The molecule has 2 aromatic heterocycles. The second-order valence-corrected chi connectivity index (χ2v) is 3.85. The van der Waals surface area contributed by atoms with Crippen molar-refractivity contribution in [2.45, 2.75) is 26.9 Å². The number of hydrogen-bond acceptors (Lipinski definition) is 5. The van der Waals surface area contributed by atoms with Gasteiger partial charge in [0.25, 0.3) is 5.82 Å². The van der Waals surface area contributed by atoms with Crippen LogP contribution in [0.15, 0.2) is 12.4 Å². The third-order valence-corrected chi connectivity index (χ3v) is 2.51. The predicted molar refractivity (Wildman–Crippen MR) is 63.1 cm³/mol.